The summed E-state index contributed by atoms with van der Waals surface area (Å²) in [5.41, 5.74) is 4.93. The fourth-order valence-electron chi connectivity index (χ4n) is 2.77. The zero-order chi connectivity index (χ0) is 18.4. The predicted octanol–water partition coefficient (Wildman–Crippen LogP) is 6.50. The van der Waals surface area contributed by atoms with Crippen LogP contribution in [-0.2, 0) is 0 Å². The van der Waals surface area contributed by atoms with Gasteiger partial charge >= 0.3 is 0 Å². The molecule has 0 fully saturated rings. The molecule has 130 valence electrons. The van der Waals surface area contributed by atoms with Crippen LogP contribution in [0.2, 0.25) is 5.02 Å². The van der Waals surface area contributed by atoms with Gasteiger partial charge < -0.3 is 4.57 Å². The summed E-state index contributed by atoms with van der Waals surface area (Å²) in [6.45, 7) is 4.11. The van der Waals surface area contributed by atoms with E-state index in [2.05, 4.69) is 52.9 Å². The summed E-state index contributed by atoms with van der Waals surface area (Å²) >= 11 is 5.84. The molecule has 4 rings (SSSR count). The van der Waals surface area contributed by atoms with E-state index >= 15 is 0 Å². The number of imidazole rings is 1. The van der Waals surface area contributed by atoms with Crippen molar-refractivity contribution in [3.63, 3.8) is 0 Å². The average Bonchev–Trinajstić information content (AvgIpc) is 3.10. The Morgan fingerprint density at radius 2 is 1.42 bits per heavy atom. The molecular weight excluding hydrogens is 340 g/mol. The highest BCUT2D eigenvalue weighted by atomic mass is 35.5. The summed E-state index contributed by atoms with van der Waals surface area (Å²) in [6, 6.07) is 26.5. The third kappa shape index (κ3) is 4.41. The van der Waals surface area contributed by atoms with Crippen molar-refractivity contribution in [3.05, 3.63) is 108 Å². The lowest BCUT2D eigenvalue weighted by Gasteiger charge is -2.05. The maximum Gasteiger partial charge on any atom is 0.110 e. The molecule has 1 heterocycles. The summed E-state index contributed by atoms with van der Waals surface area (Å²) in [7, 11) is 0. The molecule has 1 aromatic heterocycles. The Labute approximate surface area is 159 Å². The molecule has 3 aromatic carbocycles. The molecule has 0 bridgehead atoms. The zero-order valence-corrected chi connectivity index (χ0v) is 15.7. The molecule has 0 aliphatic rings. The molecular formula is C23H21ClN2. The lowest BCUT2D eigenvalue weighted by Crippen LogP contribution is -1.93. The van der Waals surface area contributed by atoms with Crippen LogP contribution in [0.1, 0.15) is 11.4 Å². The Bertz CT molecular complexity index is 957. The maximum atomic E-state index is 5.84. The smallest absolute Gasteiger partial charge is 0.110 e. The van der Waals surface area contributed by atoms with E-state index in [0.717, 1.165) is 16.5 Å². The van der Waals surface area contributed by atoms with Gasteiger partial charge in [0.15, 0.2) is 0 Å². The molecule has 0 unspecified atom stereocenters. The summed E-state index contributed by atoms with van der Waals surface area (Å²) in [5.74, 6) is 1.02. The van der Waals surface area contributed by atoms with E-state index in [1.54, 1.807) is 0 Å². The summed E-state index contributed by atoms with van der Waals surface area (Å²) in [5, 5.41) is 0.780. The van der Waals surface area contributed by atoms with Crippen LogP contribution in [0.5, 0.6) is 0 Å². The predicted molar refractivity (Wildman–Crippen MR) is 110 cm³/mol. The fourth-order valence-corrected chi connectivity index (χ4v) is 2.89. The van der Waals surface area contributed by atoms with Gasteiger partial charge in [-0.1, -0.05) is 66.2 Å². The maximum absolute atomic E-state index is 5.84. The first-order valence-corrected chi connectivity index (χ1v) is 8.90. The molecule has 0 amide bonds. The summed E-state index contributed by atoms with van der Waals surface area (Å²) in [4.78, 5) is 4.16. The molecule has 0 saturated heterocycles. The minimum atomic E-state index is 0.780. The Hall–Kier alpha value is -2.84. The third-order valence-electron chi connectivity index (χ3n) is 4.16. The minimum Gasteiger partial charge on any atom is -0.304 e. The van der Waals surface area contributed by atoms with Crippen molar-refractivity contribution in [3.8, 4) is 16.8 Å². The highest BCUT2D eigenvalue weighted by Crippen LogP contribution is 2.24. The van der Waals surface area contributed by atoms with Crippen molar-refractivity contribution in [2.45, 2.75) is 13.8 Å². The largest absolute Gasteiger partial charge is 0.304 e. The second-order valence-electron chi connectivity index (χ2n) is 6.00. The Morgan fingerprint density at radius 3 is 2.04 bits per heavy atom. The number of hydrogen-bond acceptors (Lipinski definition) is 1. The number of nitrogens with zero attached hydrogens (tertiary/aromatic N) is 2. The molecule has 0 radical (unpaired) electrons. The van der Waals surface area contributed by atoms with Crippen LogP contribution in [0.25, 0.3) is 16.8 Å². The monoisotopic (exact) mass is 360 g/mol. The number of benzene rings is 3. The number of para-hydroxylation sites is 1. The topological polar surface area (TPSA) is 17.8 Å². The minimum absolute atomic E-state index is 0.780. The quantitative estimate of drug-likeness (QED) is 0.399. The number of halogens is 1. The van der Waals surface area contributed by atoms with Crippen molar-refractivity contribution in [2.75, 3.05) is 0 Å². The number of rotatable bonds is 2. The number of hydrogen-bond donors (Lipinski definition) is 0. The van der Waals surface area contributed by atoms with Crippen molar-refractivity contribution in [1.82, 2.24) is 9.55 Å². The van der Waals surface area contributed by atoms with Crippen LogP contribution in [0.15, 0.2) is 91.3 Å². The van der Waals surface area contributed by atoms with E-state index in [9.17, 15) is 0 Å². The molecule has 3 heteroatoms. The highest BCUT2D eigenvalue weighted by molar-refractivity contribution is 6.30. The van der Waals surface area contributed by atoms with Crippen molar-refractivity contribution in [2.24, 2.45) is 0 Å². The molecule has 0 spiro atoms. The van der Waals surface area contributed by atoms with Crippen LogP contribution < -0.4 is 0 Å². The molecule has 0 atom stereocenters. The van der Waals surface area contributed by atoms with Gasteiger partial charge in [0.2, 0.25) is 0 Å². The van der Waals surface area contributed by atoms with E-state index < -0.39 is 0 Å². The van der Waals surface area contributed by atoms with Crippen LogP contribution in [0, 0.1) is 13.8 Å². The second kappa shape index (κ2) is 8.50. The van der Waals surface area contributed by atoms with Crippen molar-refractivity contribution >= 4 is 11.6 Å². The van der Waals surface area contributed by atoms with E-state index in [1.165, 1.54) is 16.7 Å². The van der Waals surface area contributed by atoms with E-state index in [-0.39, 0.29) is 0 Å². The van der Waals surface area contributed by atoms with Gasteiger partial charge in [-0.05, 0) is 54.8 Å². The van der Waals surface area contributed by atoms with Crippen molar-refractivity contribution in [1.29, 1.82) is 0 Å². The summed E-state index contributed by atoms with van der Waals surface area (Å²) < 4.78 is 2.06. The molecule has 0 aliphatic carbocycles. The van der Waals surface area contributed by atoms with Gasteiger partial charge in [0, 0.05) is 23.1 Å². The van der Waals surface area contributed by atoms with Gasteiger partial charge in [0.05, 0.1) is 0 Å². The Morgan fingerprint density at radius 1 is 0.769 bits per heavy atom. The third-order valence-corrected chi connectivity index (χ3v) is 4.41. The normalized spacial score (nSPS) is 10.1. The molecule has 26 heavy (non-hydrogen) atoms. The molecule has 4 aromatic rings. The van der Waals surface area contributed by atoms with Gasteiger partial charge in [0.1, 0.15) is 5.82 Å². The molecule has 0 N–H and O–H groups in total. The fraction of sp³-hybridized carbons (Fsp3) is 0.0870. The van der Waals surface area contributed by atoms with Gasteiger partial charge in [-0.25, -0.2) is 4.98 Å². The molecule has 0 aliphatic heterocycles. The summed E-state index contributed by atoms with van der Waals surface area (Å²) in [6.07, 6.45) is 3.77. The van der Waals surface area contributed by atoms with Gasteiger partial charge in [0.25, 0.3) is 0 Å². The van der Waals surface area contributed by atoms with Crippen LogP contribution in [0.4, 0.5) is 0 Å². The van der Waals surface area contributed by atoms with E-state index in [4.69, 9.17) is 11.6 Å². The lowest BCUT2D eigenvalue weighted by molar-refractivity contribution is 0.975. The Kier molecular flexibility index (Phi) is 5.88. The number of aromatic nitrogens is 2. The van der Waals surface area contributed by atoms with Crippen molar-refractivity contribution < 1.29 is 0 Å². The first-order valence-electron chi connectivity index (χ1n) is 8.52. The molecule has 2 nitrogen and oxygen atoms in total. The highest BCUT2D eigenvalue weighted by Gasteiger charge is 1.99. The van der Waals surface area contributed by atoms with Gasteiger partial charge in [-0.15, -0.1) is 0 Å². The zero-order valence-electron chi connectivity index (χ0n) is 14.9. The first kappa shape index (κ1) is 18.0. The lowest BCUT2D eigenvalue weighted by atomic mass is 10.0. The van der Waals surface area contributed by atoms with Gasteiger partial charge in [-0.3, -0.25) is 0 Å². The average molecular weight is 361 g/mol. The number of aryl methyl sites for hydroxylation is 2. The van der Waals surface area contributed by atoms with Crippen LogP contribution in [-0.4, -0.2) is 9.55 Å². The Balaban J connectivity index is 0.000000152. The molecule has 0 saturated carbocycles. The van der Waals surface area contributed by atoms with Crippen LogP contribution in [0.3, 0.4) is 0 Å². The SMILES string of the molecule is Cc1ccccc1-c1ccc(Cl)cc1.Cc1nccn1-c1ccccc1. The van der Waals surface area contributed by atoms with Gasteiger partial charge in [-0.2, -0.15) is 0 Å². The second-order valence-corrected chi connectivity index (χ2v) is 6.44. The van der Waals surface area contributed by atoms with E-state index in [1.807, 2.05) is 61.8 Å². The van der Waals surface area contributed by atoms with E-state index in [0.29, 0.717) is 0 Å². The first-order chi connectivity index (χ1) is 12.6. The van der Waals surface area contributed by atoms with Crippen LogP contribution >= 0.6 is 11.6 Å². The standard InChI is InChI=1S/C13H11Cl.C10H10N2/c1-10-4-2-3-5-13(10)11-6-8-12(14)9-7-11;1-9-11-7-8-12(9)10-5-3-2-4-6-10/h2-9H,1H3;2-8H,1H3.